The van der Waals surface area contributed by atoms with Gasteiger partial charge in [-0.2, -0.15) is 0 Å². The van der Waals surface area contributed by atoms with Gasteiger partial charge in [0.05, 0.1) is 11.1 Å². The van der Waals surface area contributed by atoms with E-state index in [9.17, 15) is 24.0 Å². The van der Waals surface area contributed by atoms with Crippen molar-refractivity contribution in [1.29, 1.82) is 0 Å². The summed E-state index contributed by atoms with van der Waals surface area (Å²) >= 11 is 0. The first-order valence-electron chi connectivity index (χ1n) is 12.8. The molecule has 0 bridgehead atoms. The molecule has 3 aromatic rings. The van der Waals surface area contributed by atoms with Crippen LogP contribution in [0.15, 0.2) is 72.8 Å². The Morgan fingerprint density at radius 3 is 1.82 bits per heavy atom. The fourth-order valence-electron chi connectivity index (χ4n) is 4.96. The molecule has 1 atom stereocenters. The molecule has 1 aliphatic heterocycles. The Morgan fingerprint density at radius 1 is 0.800 bits per heavy atom. The van der Waals surface area contributed by atoms with E-state index in [0.717, 1.165) is 22.3 Å². The van der Waals surface area contributed by atoms with Crippen molar-refractivity contribution in [3.8, 4) is 11.1 Å². The number of nitrogens with one attached hydrogen (secondary N) is 2. The molecule has 0 aromatic heterocycles. The van der Waals surface area contributed by atoms with E-state index < -0.39 is 42.4 Å². The monoisotopic (exact) mass is 541 g/mol. The molecular weight excluding hydrogens is 514 g/mol. The van der Waals surface area contributed by atoms with Gasteiger partial charge in [-0.3, -0.25) is 14.4 Å². The largest absolute Gasteiger partial charge is 0.449 e. The van der Waals surface area contributed by atoms with Gasteiger partial charge in [-0.05, 0) is 40.3 Å². The third kappa shape index (κ3) is 5.03. The number of imide groups is 1. The third-order valence-corrected chi connectivity index (χ3v) is 6.92. The van der Waals surface area contributed by atoms with Crippen LogP contribution in [0, 0.1) is 5.92 Å². The summed E-state index contributed by atoms with van der Waals surface area (Å²) in [5.74, 6) is -3.68. The molecule has 204 valence electrons. The summed E-state index contributed by atoms with van der Waals surface area (Å²) in [6, 6.07) is 21.0. The van der Waals surface area contributed by atoms with Crippen LogP contribution in [0.5, 0.6) is 0 Å². The summed E-state index contributed by atoms with van der Waals surface area (Å²) in [7, 11) is 0. The Hall–Kier alpha value is -4.99. The average molecular weight is 542 g/mol. The molecule has 4 amide bonds. The molecule has 0 spiro atoms. The molecule has 10 nitrogen and oxygen atoms in total. The number of rotatable bonds is 8. The minimum atomic E-state index is -1.02. The normalized spacial score (nSPS) is 14.3. The predicted molar refractivity (Wildman–Crippen MR) is 143 cm³/mol. The second kappa shape index (κ2) is 11.0. The zero-order valence-electron chi connectivity index (χ0n) is 21.9. The maximum Gasteiger partial charge on any atom is 0.407 e. The van der Waals surface area contributed by atoms with Gasteiger partial charge >= 0.3 is 12.1 Å². The van der Waals surface area contributed by atoms with Crippen molar-refractivity contribution in [3.05, 3.63) is 95.1 Å². The second-order valence-corrected chi connectivity index (χ2v) is 9.82. The van der Waals surface area contributed by atoms with Crippen molar-refractivity contribution < 1.29 is 33.5 Å². The Bertz CT molecular complexity index is 1440. The Kier molecular flexibility index (Phi) is 7.33. The minimum absolute atomic E-state index is 0.0822. The fraction of sp³-hybridized carbons (Fsp3) is 0.233. The molecule has 0 saturated heterocycles. The molecule has 2 N–H and O–H groups in total. The van der Waals surface area contributed by atoms with Crippen LogP contribution in [-0.4, -0.2) is 54.0 Å². The highest BCUT2D eigenvalue weighted by Crippen LogP contribution is 2.44. The van der Waals surface area contributed by atoms with Crippen molar-refractivity contribution in [1.82, 2.24) is 15.7 Å². The number of amides is 4. The van der Waals surface area contributed by atoms with Crippen LogP contribution in [0.1, 0.15) is 51.6 Å². The number of hydrogen-bond acceptors (Lipinski definition) is 7. The SMILES string of the molecule is CC(C)[C@H](NC(=O)OCC1c2ccccc2-c2ccccc21)C(=O)NCC(=O)ON1C(=O)c2ccccc2C1=O. The summed E-state index contributed by atoms with van der Waals surface area (Å²) in [6.07, 6.45) is -0.774. The molecule has 5 rings (SSSR count). The molecule has 3 aromatic carbocycles. The number of alkyl carbamates (subject to hydrolysis) is 1. The van der Waals surface area contributed by atoms with Crippen LogP contribution >= 0.6 is 0 Å². The van der Waals surface area contributed by atoms with E-state index in [4.69, 9.17) is 9.57 Å². The highest BCUT2D eigenvalue weighted by molar-refractivity contribution is 6.20. The average Bonchev–Trinajstić information content (AvgIpc) is 3.40. The van der Waals surface area contributed by atoms with Gasteiger partial charge in [-0.15, -0.1) is 0 Å². The van der Waals surface area contributed by atoms with E-state index in [2.05, 4.69) is 10.6 Å². The van der Waals surface area contributed by atoms with Gasteiger partial charge in [0.25, 0.3) is 11.8 Å². The molecule has 2 aliphatic rings. The van der Waals surface area contributed by atoms with Crippen molar-refractivity contribution in [3.63, 3.8) is 0 Å². The molecule has 10 heteroatoms. The highest BCUT2D eigenvalue weighted by Gasteiger charge is 2.39. The molecule has 0 unspecified atom stereocenters. The highest BCUT2D eigenvalue weighted by atomic mass is 16.7. The predicted octanol–water partition coefficient (Wildman–Crippen LogP) is 3.42. The van der Waals surface area contributed by atoms with Gasteiger partial charge in [-0.25, -0.2) is 9.59 Å². The maximum absolute atomic E-state index is 12.8. The number of hydrogen-bond donors (Lipinski definition) is 2. The first-order valence-corrected chi connectivity index (χ1v) is 12.8. The molecule has 40 heavy (non-hydrogen) atoms. The van der Waals surface area contributed by atoms with Crippen LogP contribution in [0.3, 0.4) is 0 Å². The maximum atomic E-state index is 12.8. The van der Waals surface area contributed by atoms with Gasteiger partial charge in [0.1, 0.15) is 19.2 Å². The quantitative estimate of drug-likeness (QED) is 0.418. The topological polar surface area (TPSA) is 131 Å². The van der Waals surface area contributed by atoms with E-state index in [-0.39, 0.29) is 29.6 Å². The number of carbonyl (C=O) groups is 5. The molecule has 0 saturated carbocycles. The van der Waals surface area contributed by atoms with Gasteiger partial charge < -0.3 is 20.2 Å². The Morgan fingerprint density at radius 2 is 1.30 bits per heavy atom. The Balaban J connectivity index is 1.14. The number of hydroxylamine groups is 2. The van der Waals surface area contributed by atoms with E-state index >= 15 is 0 Å². The zero-order valence-corrected chi connectivity index (χ0v) is 21.9. The first kappa shape index (κ1) is 26.6. The number of benzene rings is 3. The van der Waals surface area contributed by atoms with Crippen LogP contribution in [0.2, 0.25) is 0 Å². The first-order chi connectivity index (χ1) is 19.3. The molecule has 0 radical (unpaired) electrons. The Labute approximate surface area is 230 Å². The van der Waals surface area contributed by atoms with E-state index in [0.29, 0.717) is 5.06 Å². The van der Waals surface area contributed by atoms with Gasteiger partial charge in [0.2, 0.25) is 5.91 Å². The smallest absolute Gasteiger partial charge is 0.407 e. The van der Waals surface area contributed by atoms with Crippen LogP contribution in [0.4, 0.5) is 4.79 Å². The van der Waals surface area contributed by atoms with Crippen molar-refractivity contribution in [2.24, 2.45) is 5.92 Å². The lowest BCUT2D eigenvalue weighted by atomic mass is 9.98. The third-order valence-electron chi connectivity index (χ3n) is 6.92. The molecule has 1 aliphatic carbocycles. The molecular formula is C30H27N3O7. The van der Waals surface area contributed by atoms with Gasteiger partial charge in [0.15, 0.2) is 0 Å². The molecule has 0 fully saturated rings. The lowest BCUT2D eigenvalue weighted by Crippen LogP contribution is -2.51. The summed E-state index contributed by atoms with van der Waals surface area (Å²) in [5.41, 5.74) is 4.56. The second-order valence-electron chi connectivity index (χ2n) is 9.82. The van der Waals surface area contributed by atoms with Gasteiger partial charge in [0, 0.05) is 5.92 Å². The number of nitrogens with zero attached hydrogens (tertiary/aromatic N) is 1. The summed E-state index contributed by atoms with van der Waals surface area (Å²) in [5, 5.41) is 5.32. The summed E-state index contributed by atoms with van der Waals surface area (Å²) < 4.78 is 5.54. The van der Waals surface area contributed by atoms with Crippen molar-refractivity contribution in [2.45, 2.75) is 25.8 Å². The number of fused-ring (bicyclic) bond motifs is 4. The zero-order chi connectivity index (χ0) is 28.4. The lowest BCUT2D eigenvalue weighted by molar-refractivity contribution is -0.167. The summed E-state index contributed by atoms with van der Waals surface area (Å²) in [4.78, 5) is 67.5. The minimum Gasteiger partial charge on any atom is -0.449 e. The van der Waals surface area contributed by atoms with Crippen molar-refractivity contribution >= 4 is 29.8 Å². The van der Waals surface area contributed by atoms with E-state index in [1.165, 1.54) is 12.1 Å². The van der Waals surface area contributed by atoms with E-state index in [1.807, 2.05) is 48.5 Å². The lowest BCUT2D eigenvalue weighted by Gasteiger charge is -2.22. The van der Waals surface area contributed by atoms with Crippen LogP contribution in [0.25, 0.3) is 11.1 Å². The van der Waals surface area contributed by atoms with Crippen molar-refractivity contribution in [2.75, 3.05) is 13.2 Å². The molecule has 1 heterocycles. The fourth-order valence-corrected chi connectivity index (χ4v) is 4.96. The number of carbonyl (C=O) groups excluding carboxylic acids is 5. The number of ether oxygens (including phenoxy) is 1. The van der Waals surface area contributed by atoms with Crippen LogP contribution < -0.4 is 10.6 Å². The van der Waals surface area contributed by atoms with Crippen LogP contribution in [-0.2, 0) is 19.2 Å². The summed E-state index contributed by atoms with van der Waals surface area (Å²) in [6.45, 7) is 2.91. The standard InChI is InChI=1S/C30H27N3O7/c1-17(2)26(27(35)31-15-25(34)40-33-28(36)22-13-7-8-14-23(22)29(33)37)32-30(38)39-16-24-20-11-5-3-9-18(20)19-10-4-6-12-21(19)24/h3-14,17,24,26H,15-16H2,1-2H3,(H,31,35)(H,32,38)/t26-/m0/s1. The van der Waals surface area contributed by atoms with E-state index in [1.54, 1.807) is 26.0 Å². The van der Waals surface area contributed by atoms with Gasteiger partial charge in [-0.1, -0.05) is 79.6 Å².